The Labute approximate surface area is 131 Å². The highest BCUT2D eigenvalue weighted by molar-refractivity contribution is 6.30. The number of benzene rings is 2. The summed E-state index contributed by atoms with van der Waals surface area (Å²) in [6, 6.07) is 13.9. The van der Waals surface area contributed by atoms with Crippen LogP contribution in [0.2, 0.25) is 5.02 Å². The van der Waals surface area contributed by atoms with Crippen LogP contribution in [-0.4, -0.2) is 20.2 Å². The van der Waals surface area contributed by atoms with Gasteiger partial charge in [0.05, 0.1) is 12.8 Å². The third-order valence-corrected chi connectivity index (χ3v) is 3.63. The van der Waals surface area contributed by atoms with Crippen LogP contribution < -0.4 is 15.4 Å². The predicted molar refractivity (Wildman–Crippen MR) is 89.9 cm³/mol. The van der Waals surface area contributed by atoms with E-state index in [1.165, 1.54) is 5.56 Å². The predicted octanol–water partition coefficient (Wildman–Crippen LogP) is 4.01. The zero-order chi connectivity index (χ0) is 15.4. The van der Waals surface area contributed by atoms with Crippen LogP contribution in [0, 0.1) is 0 Å². The van der Waals surface area contributed by atoms with Crippen molar-refractivity contribution < 1.29 is 4.74 Å². The summed E-state index contributed by atoms with van der Waals surface area (Å²) in [6.45, 7) is 2.00. The van der Waals surface area contributed by atoms with Crippen LogP contribution in [0.4, 0.5) is 11.4 Å². The van der Waals surface area contributed by atoms with E-state index >= 15 is 0 Å². The molecule has 1 unspecified atom stereocenters. The SMILES string of the molecule is COc1ccccc1N(C)c1cc(Cl)ccc1CC(C)N. The lowest BCUT2D eigenvalue weighted by atomic mass is 10.0. The summed E-state index contributed by atoms with van der Waals surface area (Å²) in [5.41, 5.74) is 9.16. The molecule has 2 N–H and O–H groups in total. The number of methoxy groups -OCH3 is 1. The standard InChI is InChI=1S/C17H21ClN2O/c1-12(19)10-13-8-9-14(18)11-16(13)20(2)15-6-4-5-7-17(15)21-3/h4-9,11-12H,10,19H2,1-3H3. The van der Waals surface area contributed by atoms with Crippen LogP contribution in [0.1, 0.15) is 12.5 Å². The molecule has 2 aromatic rings. The van der Waals surface area contributed by atoms with Crippen LogP contribution in [0.5, 0.6) is 5.75 Å². The quantitative estimate of drug-likeness (QED) is 0.907. The van der Waals surface area contributed by atoms with E-state index in [9.17, 15) is 0 Å². The Morgan fingerprint density at radius 1 is 1.19 bits per heavy atom. The molecule has 0 fully saturated rings. The Bertz CT molecular complexity index is 613. The van der Waals surface area contributed by atoms with Crippen molar-refractivity contribution in [3.63, 3.8) is 0 Å². The van der Waals surface area contributed by atoms with Crippen molar-refractivity contribution >= 4 is 23.0 Å². The molecule has 0 saturated carbocycles. The molecule has 0 aliphatic rings. The van der Waals surface area contributed by atoms with Crippen molar-refractivity contribution in [2.45, 2.75) is 19.4 Å². The first-order valence-electron chi connectivity index (χ1n) is 6.93. The summed E-state index contributed by atoms with van der Waals surface area (Å²) < 4.78 is 5.44. The molecule has 0 amide bonds. The normalized spacial score (nSPS) is 12.0. The summed E-state index contributed by atoms with van der Waals surface area (Å²) in [5, 5.41) is 0.708. The molecule has 0 spiro atoms. The maximum Gasteiger partial charge on any atom is 0.142 e. The van der Waals surface area contributed by atoms with E-state index in [1.807, 2.05) is 56.4 Å². The van der Waals surface area contributed by atoms with E-state index < -0.39 is 0 Å². The van der Waals surface area contributed by atoms with E-state index in [0.29, 0.717) is 5.02 Å². The van der Waals surface area contributed by atoms with E-state index in [1.54, 1.807) is 7.11 Å². The Morgan fingerprint density at radius 2 is 1.90 bits per heavy atom. The topological polar surface area (TPSA) is 38.5 Å². The molecule has 3 nitrogen and oxygen atoms in total. The van der Waals surface area contributed by atoms with E-state index in [0.717, 1.165) is 23.5 Å². The molecular weight excluding hydrogens is 284 g/mol. The highest BCUT2D eigenvalue weighted by Gasteiger charge is 2.14. The van der Waals surface area contributed by atoms with E-state index in [2.05, 4.69) is 4.90 Å². The maximum absolute atomic E-state index is 6.17. The number of hydrogen-bond donors (Lipinski definition) is 1. The van der Waals surface area contributed by atoms with Crippen molar-refractivity contribution in [1.29, 1.82) is 0 Å². The fourth-order valence-electron chi connectivity index (χ4n) is 2.41. The molecule has 0 heterocycles. The van der Waals surface area contributed by atoms with Gasteiger partial charge in [-0.05, 0) is 43.2 Å². The minimum atomic E-state index is 0.0935. The van der Waals surface area contributed by atoms with Crippen molar-refractivity contribution in [2.75, 3.05) is 19.1 Å². The van der Waals surface area contributed by atoms with Crippen LogP contribution in [0.15, 0.2) is 42.5 Å². The van der Waals surface area contributed by atoms with Gasteiger partial charge in [0.15, 0.2) is 0 Å². The lowest BCUT2D eigenvalue weighted by Gasteiger charge is -2.25. The molecule has 0 bridgehead atoms. The van der Waals surface area contributed by atoms with Gasteiger partial charge < -0.3 is 15.4 Å². The summed E-state index contributed by atoms with van der Waals surface area (Å²) in [7, 11) is 3.68. The highest BCUT2D eigenvalue weighted by atomic mass is 35.5. The van der Waals surface area contributed by atoms with Crippen molar-refractivity contribution in [2.24, 2.45) is 5.73 Å². The zero-order valence-corrected chi connectivity index (χ0v) is 13.4. The average molecular weight is 305 g/mol. The van der Waals surface area contributed by atoms with E-state index in [-0.39, 0.29) is 6.04 Å². The Hall–Kier alpha value is -1.71. The van der Waals surface area contributed by atoms with Crippen molar-refractivity contribution in [3.8, 4) is 5.75 Å². The molecule has 112 valence electrons. The molecule has 0 radical (unpaired) electrons. The number of nitrogens with two attached hydrogens (primary N) is 1. The smallest absolute Gasteiger partial charge is 0.142 e. The molecule has 0 aliphatic heterocycles. The Morgan fingerprint density at radius 3 is 2.57 bits per heavy atom. The lowest BCUT2D eigenvalue weighted by molar-refractivity contribution is 0.415. The summed E-state index contributed by atoms with van der Waals surface area (Å²) >= 11 is 6.17. The fraction of sp³-hybridized carbons (Fsp3) is 0.294. The summed E-state index contributed by atoms with van der Waals surface area (Å²) in [4.78, 5) is 2.09. The number of halogens is 1. The van der Waals surface area contributed by atoms with Gasteiger partial charge in [0, 0.05) is 23.8 Å². The first kappa shape index (κ1) is 15.7. The minimum Gasteiger partial charge on any atom is -0.495 e. The van der Waals surface area contributed by atoms with Gasteiger partial charge in [0.1, 0.15) is 5.75 Å². The second kappa shape index (κ2) is 6.83. The number of para-hydroxylation sites is 2. The van der Waals surface area contributed by atoms with Gasteiger partial charge in [-0.2, -0.15) is 0 Å². The van der Waals surface area contributed by atoms with Crippen LogP contribution in [0.3, 0.4) is 0 Å². The van der Waals surface area contributed by atoms with Gasteiger partial charge >= 0.3 is 0 Å². The molecule has 2 aromatic carbocycles. The molecular formula is C17H21ClN2O. The Kier molecular flexibility index (Phi) is 5.10. The second-order valence-corrected chi connectivity index (χ2v) is 5.62. The summed E-state index contributed by atoms with van der Waals surface area (Å²) in [6.07, 6.45) is 0.798. The van der Waals surface area contributed by atoms with E-state index in [4.69, 9.17) is 22.1 Å². The van der Waals surface area contributed by atoms with Crippen molar-refractivity contribution in [1.82, 2.24) is 0 Å². The average Bonchev–Trinajstić information content (AvgIpc) is 2.48. The van der Waals surface area contributed by atoms with Gasteiger partial charge in [-0.25, -0.2) is 0 Å². The Balaban J connectivity index is 2.46. The van der Waals surface area contributed by atoms with Gasteiger partial charge in [-0.1, -0.05) is 29.8 Å². The van der Waals surface area contributed by atoms with Gasteiger partial charge in [0.25, 0.3) is 0 Å². The van der Waals surface area contributed by atoms with Crippen LogP contribution in [0.25, 0.3) is 0 Å². The van der Waals surface area contributed by atoms with Crippen LogP contribution >= 0.6 is 11.6 Å². The van der Waals surface area contributed by atoms with Crippen LogP contribution in [-0.2, 0) is 6.42 Å². The molecule has 0 aromatic heterocycles. The largest absolute Gasteiger partial charge is 0.495 e. The maximum atomic E-state index is 6.17. The van der Waals surface area contributed by atoms with Gasteiger partial charge in [-0.3, -0.25) is 0 Å². The van der Waals surface area contributed by atoms with Crippen molar-refractivity contribution in [3.05, 3.63) is 53.1 Å². The molecule has 0 aliphatic carbocycles. The number of anilines is 2. The highest BCUT2D eigenvalue weighted by Crippen LogP contribution is 2.35. The molecule has 4 heteroatoms. The molecule has 21 heavy (non-hydrogen) atoms. The number of hydrogen-bond acceptors (Lipinski definition) is 3. The minimum absolute atomic E-state index is 0.0935. The van der Waals surface area contributed by atoms with Gasteiger partial charge in [-0.15, -0.1) is 0 Å². The number of nitrogens with zero attached hydrogens (tertiary/aromatic N) is 1. The first-order valence-corrected chi connectivity index (χ1v) is 7.31. The third kappa shape index (κ3) is 3.69. The second-order valence-electron chi connectivity index (χ2n) is 5.19. The number of ether oxygens (including phenoxy) is 1. The molecule has 2 rings (SSSR count). The molecule has 1 atom stereocenters. The number of rotatable bonds is 5. The lowest BCUT2D eigenvalue weighted by Crippen LogP contribution is -2.20. The molecule has 0 saturated heterocycles. The summed E-state index contributed by atoms with van der Waals surface area (Å²) in [5.74, 6) is 0.826. The monoisotopic (exact) mass is 304 g/mol. The zero-order valence-electron chi connectivity index (χ0n) is 12.6. The first-order chi connectivity index (χ1) is 10.0. The van der Waals surface area contributed by atoms with Gasteiger partial charge in [0.2, 0.25) is 0 Å². The third-order valence-electron chi connectivity index (χ3n) is 3.40. The fourth-order valence-corrected chi connectivity index (χ4v) is 2.57.